The van der Waals surface area contributed by atoms with Gasteiger partial charge in [0.1, 0.15) is 0 Å². The van der Waals surface area contributed by atoms with E-state index in [-0.39, 0.29) is 0 Å². The Morgan fingerprint density at radius 1 is 1.00 bits per heavy atom. The smallest absolute Gasteiger partial charge is 0.191 e. The fraction of sp³-hybridized carbons (Fsp3) is 0.176. The fourth-order valence-corrected chi connectivity index (χ4v) is 2.02. The molecule has 0 atom stereocenters. The van der Waals surface area contributed by atoms with Crippen molar-refractivity contribution in [2.45, 2.75) is 19.8 Å². The number of rotatable bonds is 5. The van der Waals surface area contributed by atoms with Crippen molar-refractivity contribution in [2.24, 2.45) is 5.10 Å². The van der Waals surface area contributed by atoms with Gasteiger partial charge in [-0.25, -0.2) is 0 Å². The lowest BCUT2D eigenvalue weighted by Gasteiger charge is -2.07. The van der Waals surface area contributed by atoms with E-state index in [0.717, 1.165) is 24.2 Å². The summed E-state index contributed by atoms with van der Waals surface area (Å²) >= 11 is 5.20. The summed E-state index contributed by atoms with van der Waals surface area (Å²) in [4.78, 5) is 0. The molecule has 0 aliphatic heterocycles. The molecule has 0 aromatic heterocycles. The number of nitrogens with zero attached hydrogens (tertiary/aromatic N) is 1. The third kappa shape index (κ3) is 5.75. The average Bonchev–Trinajstić information content (AvgIpc) is 2.53. The Balaban J connectivity index is 1.76. The minimum atomic E-state index is 0.500. The van der Waals surface area contributed by atoms with Crippen molar-refractivity contribution in [2.75, 3.05) is 5.32 Å². The van der Waals surface area contributed by atoms with Crippen LogP contribution in [0.5, 0.6) is 0 Å². The topological polar surface area (TPSA) is 36.4 Å². The summed E-state index contributed by atoms with van der Waals surface area (Å²) < 4.78 is 0. The van der Waals surface area contributed by atoms with Crippen LogP contribution in [-0.4, -0.2) is 10.8 Å². The summed E-state index contributed by atoms with van der Waals surface area (Å²) in [6.45, 7) is 2.00. The van der Waals surface area contributed by atoms with Crippen LogP contribution in [0.25, 0.3) is 0 Å². The molecule has 0 spiro atoms. The fourth-order valence-electron chi connectivity index (χ4n) is 1.85. The molecule has 2 rings (SSSR count). The highest BCUT2D eigenvalue weighted by Gasteiger charge is 1.97. The lowest BCUT2D eigenvalue weighted by atomic mass is 10.1. The molecule has 0 aliphatic carbocycles. The molecule has 108 valence electrons. The second-order valence-corrected chi connectivity index (χ2v) is 5.17. The first-order valence-corrected chi connectivity index (χ1v) is 7.34. The molecule has 2 aromatic rings. The highest BCUT2D eigenvalue weighted by Crippen LogP contribution is 2.05. The molecule has 21 heavy (non-hydrogen) atoms. The van der Waals surface area contributed by atoms with Crippen molar-refractivity contribution in [3.8, 4) is 0 Å². The summed E-state index contributed by atoms with van der Waals surface area (Å²) in [5, 5.41) is 7.88. The van der Waals surface area contributed by atoms with Gasteiger partial charge in [0.05, 0.1) is 0 Å². The lowest BCUT2D eigenvalue weighted by Crippen LogP contribution is -2.24. The second-order valence-electron chi connectivity index (χ2n) is 4.76. The van der Waals surface area contributed by atoms with Gasteiger partial charge in [-0.05, 0) is 49.7 Å². The number of hydrazone groups is 1. The third-order valence-electron chi connectivity index (χ3n) is 3.00. The molecule has 3 nitrogen and oxygen atoms in total. The second kappa shape index (κ2) is 8.17. The first kappa shape index (κ1) is 15.2. The number of benzene rings is 2. The van der Waals surface area contributed by atoms with Gasteiger partial charge in [0.15, 0.2) is 5.11 Å². The number of aryl methyl sites for hydroxylation is 1. The largest absolute Gasteiger partial charge is 0.331 e. The number of hydrogen-bond acceptors (Lipinski definition) is 2. The Morgan fingerprint density at radius 3 is 2.29 bits per heavy atom. The predicted molar refractivity (Wildman–Crippen MR) is 93.7 cm³/mol. The Labute approximate surface area is 131 Å². The molecular formula is C17H19N3S. The van der Waals surface area contributed by atoms with Gasteiger partial charge in [0.25, 0.3) is 0 Å². The summed E-state index contributed by atoms with van der Waals surface area (Å²) in [6.07, 6.45) is 1.89. The predicted octanol–water partition coefficient (Wildman–Crippen LogP) is 3.98. The summed E-state index contributed by atoms with van der Waals surface area (Å²) in [7, 11) is 0. The zero-order valence-corrected chi connectivity index (χ0v) is 12.9. The van der Waals surface area contributed by atoms with Crippen LogP contribution in [0.4, 0.5) is 5.69 Å². The van der Waals surface area contributed by atoms with E-state index in [1.54, 1.807) is 0 Å². The minimum Gasteiger partial charge on any atom is -0.331 e. The van der Waals surface area contributed by atoms with Crippen LogP contribution < -0.4 is 10.7 Å². The molecule has 0 fully saturated rings. The molecule has 0 saturated carbocycles. The molecular weight excluding hydrogens is 278 g/mol. The molecule has 4 heteroatoms. The van der Waals surface area contributed by atoms with Gasteiger partial charge in [-0.15, -0.1) is 0 Å². The van der Waals surface area contributed by atoms with Crippen molar-refractivity contribution in [3.05, 3.63) is 66.2 Å². The number of para-hydroxylation sites is 1. The van der Waals surface area contributed by atoms with Crippen molar-refractivity contribution < 1.29 is 0 Å². The normalized spacial score (nSPS) is 11.0. The third-order valence-corrected chi connectivity index (χ3v) is 3.19. The maximum atomic E-state index is 5.20. The SMILES string of the molecule is CC(CCc1ccccc1)=NNC(=S)Nc1ccccc1. The summed E-state index contributed by atoms with van der Waals surface area (Å²) in [5.74, 6) is 0. The zero-order chi connectivity index (χ0) is 14.9. The molecule has 0 aliphatic rings. The average molecular weight is 297 g/mol. The Kier molecular flexibility index (Phi) is 5.91. The Bertz CT molecular complexity index is 594. The number of nitrogens with one attached hydrogen (secondary N) is 2. The van der Waals surface area contributed by atoms with E-state index in [9.17, 15) is 0 Å². The van der Waals surface area contributed by atoms with Crippen molar-refractivity contribution in [1.29, 1.82) is 0 Å². The van der Waals surface area contributed by atoms with Gasteiger partial charge in [-0.2, -0.15) is 5.10 Å². The van der Waals surface area contributed by atoms with E-state index in [1.165, 1.54) is 5.56 Å². The van der Waals surface area contributed by atoms with Gasteiger partial charge in [-0.1, -0.05) is 48.5 Å². The maximum Gasteiger partial charge on any atom is 0.191 e. The van der Waals surface area contributed by atoms with E-state index in [4.69, 9.17) is 12.2 Å². The standard InChI is InChI=1S/C17H19N3S/c1-14(12-13-15-8-4-2-5-9-15)19-20-17(21)18-16-10-6-3-7-11-16/h2-11H,12-13H2,1H3,(H2,18,20,21). The van der Waals surface area contributed by atoms with E-state index in [1.807, 2.05) is 43.3 Å². The summed E-state index contributed by atoms with van der Waals surface area (Å²) in [6, 6.07) is 20.2. The van der Waals surface area contributed by atoms with E-state index in [0.29, 0.717) is 5.11 Å². The van der Waals surface area contributed by atoms with Crippen LogP contribution >= 0.6 is 12.2 Å². The first-order valence-electron chi connectivity index (χ1n) is 6.93. The minimum absolute atomic E-state index is 0.500. The lowest BCUT2D eigenvalue weighted by molar-refractivity contribution is 0.972. The molecule has 0 radical (unpaired) electrons. The van der Waals surface area contributed by atoms with Crippen LogP contribution in [0.15, 0.2) is 65.8 Å². The first-order chi connectivity index (χ1) is 10.2. The molecule has 0 bridgehead atoms. The number of thiocarbonyl (C=S) groups is 1. The maximum absolute atomic E-state index is 5.20. The van der Waals surface area contributed by atoms with E-state index in [2.05, 4.69) is 40.1 Å². The van der Waals surface area contributed by atoms with Gasteiger partial charge >= 0.3 is 0 Å². The van der Waals surface area contributed by atoms with Gasteiger partial charge in [0, 0.05) is 11.4 Å². The van der Waals surface area contributed by atoms with Crippen LogP contribution in [0.2, 0.25) is 0 Å². The van der Waals surface area contributed by atoms with Gasteiger partial charge < -0.3 is 5.32 Å². The van der Waals surface area contributed by atoms with E-state index < -0.39 is 0 Å². The number of anilines is 1. The van der Waals surface area contributed by atoms with Crippen molar-refractivity contribution in [3.63, 3.8) is 0 Å². The van der Waals surface area contributed by atoms with Crippen LogP contribution in [-0.2, 0) is 6.42 Å². The van der Waals surface area contributed by atoms with Crippen LogP contribution in [0.1, 0.15) is 18.9 Å². The van der Waals surface area contributed by atoms with Crippen molar-refractivity contribution >= 4 is 28.7 Å². The Hall–Kier alpha value is -2.20. The quantitative estimate of drug-likeness (QED) is 0.498. The number of hydrogen-bond donors (Lipinski definition) is 2. The highest BCUT2D eigenvalue weighted by atomic mass is 32.1. The molecule has 2 aromatic carbocycles. The molecule has 0 amide bonds. The highest BCUT2D eigenvalue weighted by molar-refractivity contribution is 7.80. The molecule has 0 heterocycles. The zero-order valence-electron chi connectivity index (χ0n) is 12.0. The molecule has 2 N–H and O–H groups in total. The Morgan fingerprint density at radius 2 is 1.62 bits per heavy atom. The molecule has 0 unspecified atom stereocenters. The van der Waals surface area contributed by atoms with E-state index >= 15 is 0 Å². The summed E-state index contributed by atoms with van der Waals surface area (Å²) in [5.41, 5.74) is 6.17. The monoisotopic (exact) mass is 297 g/mol. The van der Waals surface area contributed by atoms with Crippen LogP contribution in [0, 0.1) is 0 Å². The van der Waals surface area contributed by atoms with Crippen LogP contribution in [0.3, 0.4) is 0 Å². The van der Waals surface area contributed by atoms with Gasteiger partial charge in [0.2, 0.25) is 0 Å². The molecule has 0 saturated heterocycles. The van der Waals surface area contributed by atoms with Crippen molar-refractivity contribution in [1.82, 2.24) is 5.43 Å². The van der Waals surface area contributed by atoms with Gasteiger partial charge in [-0.3, -0.25) is 5.43 Å².